The molecule has 2 nitrogen and oxygen atoms in total. The second-order valence-corrected chi connectivity index (χ2v) is 8.36. The van der Waals surface area contributed by atoms with Crippen LogP contribution in [0.15, 0.2) is 115 Å². The summed E-state index contributed by atoms with van der Waals surface area (Å²) in [4.78, 5) is 2.18. The topological polar surface area (TPSA) is 23.5 Å². The molecule has 33 heavy (non-hydrogen) atoms. The lowest BCUT2D eigenvalue weighted by Gasteiger charge is -2.27. The third kappa shape index (κ3) is 5.79. The molecule has 4 aromatic carbocycles. The van der Waals surface area contributed by atoms with Crippen LogP contribution in [0, 0.1) is 11.8 Å². The van der Waals surface area contributed by atoms with Gasteiger partial charge in [-0.1, -0.05) is 127 Å². The van der Waals surface area contributed by atoms with Crippen molar-refractivity contribution in [1.29, 1.82) is 0 Å². The van der Waals surface area contributed by atoms with Gasteiger partial charge in [0.25, 0.3) is 0 Å². The fraction of sp³-hybridized carbons (Fsp3) is 0.161. The van der Waals surface area contributed by atoms with Crippen molar-refractivity contribution >= 4 is 0 Å². The number of rotatable bonds is 7. The highest BCUT2D eigenvalue weighted by atomic mass is 16.3. The fourth-order valence-corrected chi connectivity index (χ4v) is 3.99. The summed E-state index contributed by atoms with van der Waals surface area (Å²) in [7, 11) is 2.06. The Balaban J connectivity index is 1.52. The molecule has 4 aromatic rings. The van der Waals surface area contributed by atoms with Gasteiger partial charge in [-0.2, -0.15) is 0 Å². The van der Waals surface area contributed by atoms with Crippen molar-refractivity contribution in [1.82, 2.24) is 4.90 Å². The van der Waals surface area contributed by atoms with E-state index in [9.17, 15) is 5.11 Å². The lowest BCUT2D eigenvalue weighted by Crippen LogP contribution is -2.27. The molecule has 0 aliphatic carbocycles. The summed E-state index contributed by atoms with van der Waals surface area (Å²) in [6.45, 7) is 1.49. The van der Waals surface area contributed by atoms with Crippen molar-refractivity contribution in [2.45, 2.75) is 18.6 Å². The minimum Gasteiger partial charge on any atom is -0.379 e. The fourth-order valence-electron chi connectivity index (χ4n) is 3.99. The molecule has 0 saturated carbocycles. The van der Waals surface area contributed by atoms with E-state index in [2.05, 4.69) is 72.3 Å². The molecule has 0 heterocycles. The molecule has 0 fully saturated rings. The van der Waals surface area contributed by atoms with Gasteiger partial charge in [-0.3, -0.25) is 4.90 Å². The minimum atomic E-state index is -1.17. The van der Waals surface area contributed by atoms with Crippen LogP contribution >= 0.6 is 0 Å². The highest BCUT2D eigenvalue weighted by molar-refractivity contribution is 5.64. The summed E-state index contributed by atoms with van der Waals surface area (Å²) in [6, 6.07) is 38.6. The number of benzene rings is 4. The van der Waals surface area contributed by atoms with Gasteiger partial charge in [-0.15, -0.1) is 0 Å². The van der Waals surface area contributed by atoms with Crippen molar-refractivity contribution in [3.8, 4) is 23.0 Å². The van der Waals surface area contributed by atoms with Gasteiger partial charge in [-0.25, -0.2) is 0 Å². The maximum atomic E-state index is 11.8. The summed E-state index contributed by atoms with van der Waals surface area (Å²) < 4.78 is 0. The molecule has 0 amide bonds. The van der Waals surface area contributed by atoms with E-state index < -0.39 is 5.60 Å². The number of hydrogen-bond donors (Lipinski definition) is 1. The van der Waals surface area contributed by atoms with Crippen molar-refractivity contribution < 1.29 is 5.11 Å². The molecule has 0 unspecified atom stereocenters. The molecule has 4 rings (SSSR count). The Morgan fingerprint density at radius 3 is 1.79 bits per heavy atom. The largest absolute Gasteiger partial charge is 0.379 e. The van der Waals surface area contributed by atoms with Gasteiger partial charge in [0.2, 0.25) is 0 Å². The van der Waals surface area contributed by atoms with E-state index in [-0.39, 0.29) is 0 Å². The molecule has 1 atom stereocenters. The average molecular weight is 432 g/mol. The van der Waals surface area contributed by atoms with Gasteiger partial charge in [0.1, 0.15) is 5.60 Å². The Morgan fingerprint density at radius 2 is 1.15 bits per heavy atom. The molecule has 164 valence electrons. The quantitative estimate of drug-likeness (QED) is 0.357. The SMILES string of the molecule is CN(CC#CC[C@@](O)(c1ccccc1)c1ccc(-c2ccccc2)cc1)Cc1ccccc1. The average Bonchev–Trinajstić information content (AvgIpc) is 2.88. The molecule has 0 spiro atoms. The molecule has 0 saturated heterocycles. The summed E-state index contributed by atoms with van der Waals surface area (Å²) >= 11 is 0. The first-order valence-corrected chi connectivity index (χ1v) is 11.3. The lowest BCUT2D eigenvalue weighted by atomic mass is 9.83. The van der Waals surface area contributed by atoms with Crippen LogP contribution < -0.4 is 0 Å². The Bertz CT molecular complexity index is 1190. The van der Waals surface area contributed by atoms with E-state index in [1.165, 1.54) is 5.56 Å². The van der Waals surface area contributed by atoms with Crippen LogP contribution in [-0.4, -0.2) is 23.6 Å². The molecule has 0 radical (unpaired) electrons. The predicted molar refractivity (Wildman–Crippen MR) is 136 cm³/mol. The molecule has 2 heteroatoms. The molecule has 1 N–H and O–H groups in total. The van der Waals surface area contributed by atoms with E-state index >= 15 is 0 Å². The van der Waals surface area contributed by atoms with E-state index in [1.54, 1.807) is 0 Å². The van der Waals surface area contributed by atoms with E-state index in [4.69, 9.17) is 0 Å². The lowest BCUT2D eigenvalue weighted by molar-refractivity contribution is 0.0865. The maximum Gasteiger partial charge on any atom is 0.125 e. The molecule has 0 aliphatic heterocycles. The second-order valence-electron chi connectivity index (χ2n) is 8.36. The summed E-state index contributed by atoms with van der Waals surface area (Å²) in [5, 5.41) is 11.8. The zero-order valence-corrected chi connectivity index (χ0v) is 19.0. The molecular weight excluding hydrogens is 402 g/mol. The highest BCUT2D eigenvalue weighted by Gasteiger charge is 2.30. The number of nitrogens with zero attached hydrogens (tertiary/aromatic N) is 1. The monoisotopic (exact) mass is 431 g/mol. The van der Waals surface area contributed by atoms with Gasteiger partial charge in [0.15, 0.2) is 0 Å². The first-order chi connectivity index (χ1) is 16.1. The van der Waals surface area contributed by atoms with Gasteiger partial charge in [0.05, 0.1) is 6.54 Å². The Hall–Kier alpha value is -3.64. The number of hydrogen-bond acceptors (Lipinski definition) is 2. The smallest absolute Gasteiger partial charge is 0.125 e. The first-order valence-electron chi connectivity index (χ1n) is 11.3. The highest BCUT2D eigenvalue weighted by Crippen LogP contribution is 2.34. The summed E-state index contributed by atoms with van der Waals surface area (Å²) in [5.74, 6) is 6.50. The van der Waals surface area contributed by atoms with Crippen LogP contribution in [0.4, 0.5) is 0 Å². The van der Waals surface area contributed by atoms with Crippen molar-refractivity contribution in [3.63, 3.8) is 0 Å². The van der Waals surface area contributed by atoms with Gasteiger partial charge < -0.3 is 5.11 Å². The molecule has 0 aliphatic rings. The molecule has 0 aromatic heterocycles. The second kappa shape index (κ2) is 10.8. The van der Waals surface area contributed by atoms with Crippen molar-refractivity contribution in [2.24, 2.45) is 0 Å². The van der Waals surface area contributed by atoms with E-state index in [0.29, 0.717) is 13.0 Å². The number of aliphatic hydroxyl groups is 1. The zero-order chi connectivity index (χ0) is 22.9. The third-order valence-electron chi connectivity index (χ3n) is 5.83. The van der Waals surface area contributed by atoms with Crippen LogP contribution in [0.3, 0.4) is 0 Å². The normalized spacial score (nSPS) is 12.6. The van der Waals surface area contributed by atoms with Crippen LogP contribution in [0.1, 0.15) is 23.1 Å². The van der Waals surface area contributed by atoms with Crippen LogP contribution in [0.2, 0.25) is 0 Å². The van der Waals surface area contributed by atoms with Crippen LogP contribution in [0.25, 0.3) is 11.1 Å². The van der Waals surface area contributed by atoms with E-state index in [0.717, 1.165) is 28.8 Å². The standard InChI is InChI=1S/C31H29NO/c1-32(25-26-13-5-2-6-14-26)24-12-11-23-31(33,29-17-9-4-10-18-29)30-21-19-28(20-22-30)27-15-7-3-8-16-27/h2-10,13-22,33H,23-25H2,1H3/t31-/m1/s1. The summed E-state index contributed by atoms with van der Waals surface area (Å²) in [5.41, 5.74) is 4.09. The predicted octanol–water partition coefficient (Wildman–Crippen LogP) is 6.12. The zero-order valence-electron chi connectivity index (χ0n) is 19.0. The molecular formula is C31H29NO. The Kier molecular flexibility index (Phi) is 7.37. The van der Waals surface area contributed by atoms with Gasteiger partial charge in [-0.05, 0) is 34.9 Å². The third-order valence-corrected chi connectivity index (χ3v) is 5.83. The maximum absolute atomic E-state index is 11.8. The summed E-state index contributed by atoms with van der Waals surface area (Å²) in [6.07, 6.45) is 0.334. The Morgan fingerprint density at radius 1 is 0.636 bits per heavy atom. The van der Waals surface area contributed by atoms with Gasteiger partial charge in [0, 0.05) is 13.0 Å². The first kappa shape index (κ1) is 22.6. The van der Waals surface area contributed by atoms with Crippen molar-refractivity contribution in [2.75, 3.05) is 13.6 Å². The van der Waals surface area contributed by atoms with Crippen LogP contribution in [-0.2, 0) is 12.1 Å². The minimum absolute atomic E-state index is 0.334. The van der Waals surface area contributed by atoms with Crippen molar-refractivity contribution in [3.05, 3.63) is 132 Å². The van der Waals surface area contributed by atoms with Crippen LogP contribution in [0.5, 0.6) is 0 Å². The van der Waals surface area contributed by atoms with Gasteiger partial charge >= 0.3 is 0 Å². The molecule has 0 bridgehead atoms. The Labute approximate surface area is 197 Å². The van der Waals surface area contributed by atoms with E-state index in [1.807, 2.05) is 66.7 Å².